The minimum absolute atomic E-state index is 0.0711. The highest BCUT2D eigenvalue weighted by molar-refractivity contribution is 8.00. The normalized spacial score (nSPS) is 11.8. The second kappa shape index (κ2) is 11.4. The van der Waals surface area contributed by atoms with E-state index in [1.54, 1.807) is 18.2 Å². The molecule has 0 spiro atoms. The van der Waals surface area contributed by atoms with Gasteiger partial charge in [-0.2, -0.15) is 9.78 Å². The van der Waals surface area contributed by atoms with Crippen LogP contribution in [-0.2, 0) is 4.79 Å². The van der Waals surface area contributed by atoms with Crippen LogP contribution in [0, 0.1) is 13.8 Å². The standard InChI is InChI=1S/C25H29ClN4O2S/c1-5-29(20-8-6-7-17(2)15-20)14-13-27-25(32)19(4)33-23-11-12-24(31)30(28-23)21-10-9-18(3)22(26)16-21/h6-12,15-16,19H,5,13-14H2,1-4H3,(H,27,32)/t19-/m1/s1. The molecule has 1 aromatic heterocycles. The first-order valence-electron chi connectivity index (χ1n) is 10.9. The number of halogens is 1. The van der Waals surface area contributed by atoms with E-state index in [0.29, 0.717) is 22.3 Å². The number of nitrogens with one attached hydrogen (secondary N) is 1. The van der Waals surface area contributed by atoms with Gasteiger partial charge in [-0.05, 0) is 69.2 Å². The number of rotatable bonds is 9. The van der Waals surface area contributed by atoms with Crippen molar-refractivity contribution in [2.75, 3.05) is 24.5 Å². The summed E-state index contributed by atoms with van der Waals surface area (Å²) in [6.07, 6.45) is 0. The molecule has 0 aliphatic carbocycles. The number of likely N-dealkylation sites (N-methyl/N-ethyl adjacent to an activating group) is 1. The SMILES string of the molecule is CCN(CCNC(=O)[C@@H](C)Sc1ccc(=O)n(-c2ccc(C)c(Cl)c2)n1)c1cccc(C)c1. The number of anilines is 1. The third kappa shape index (κ3) is 6.62. The van der Waals surface area contributed by atoms with Gasteiger partial charge in [0.2, 0.25) is 5.91 Å². The van der Waals surface area contributed by atoms with Crippen molar-refractivity contribution in [3.63, 3.8) is 0 Å². The van der Waals surface area contributed by atoms with Crippen LogP contribution in [0.1, 0.15) is 25.0 Å². The third-order valence-electron chi connectivity index (χ3n) is 5.27. The van der Waals surface area contributed by atoms with Crippen molar-refractivity contribution < 1.29 is 4.79 Å². The summed E-state index contributed by atoms with van der Waals surface area (Å²) < 4.78 is 1.30. The number of aryl methyl sites for hydroxylation is 2. The lowest BCUT2D eigenvalue weighted by atomic mass is 10.2. The van der Waals surface area contributed by atoms with Crippen LogP contribution in [-0.4, -0.2) is 40.6 Å². The average molecular weight is 485 g/mol. The lowest BCUT2D eigenvalue weighted by Crippen LogP contribution is -2.38. The number of aromatic nitrogens is 2. The maximum Gasteiger partial charge on any atom is 0.271 e. The summed E-state index contributed by atoms with van der Waals surface area (Å²) in [7, 11) is 0. The number of amides is 1. The highest BCUT2D eigenvalue weighted by Gasteiger charge is 2.16. The van der Waals surface area contributed by atoms with E-state index >= 15 is 0 Å². The Hall–Kier alpha value is -2.77. The molecule has 33 heavy (non-hydrogen) atoms. The summed E-state index contributed by atoms with van der Waals surface area (Å²) in [5, 5.41) is 8.23. The fraction of sp³-hybridized carbons (Fsp3) is 0.320. The molecule has 1 amide bonds. The summed E-state index contributed by atoms with van der Waals surface area (Å²) >= 11 is 7.51. The Morgan fingerprint density at radius 3 is 2.67 bits per heavy atom. The summed E-state index contributed by atoms with van der Waals surface area (Å²) in [6.45, 7) is 10.0. The van der Waals surface area contributed by atoms with Gasteiger partial charge in [-0.3, -0.25) is 9.59 Å². The molecule has 3 rings (SSSR count). The Kier molecular flexibility index (Phi) is 8.58. The highest BCUT2D eigenvalue weighted by Crippen LogP contribution is 2.22. The fourth-order valence-electron chi connectivity index (χ4n) is 3.34. The quantitative estimate of drug-likeness (QED) is 0.449. The highest BCUT2D eigenvalue weighted by atomic mass is 35.5. The summed E-state index contributed by atoms with van der Waals surface area (Å²) in [6, 6.07) is 16.8. The summed E-state index contributed by atoms with van der Waals surface area (Å²) in [5.74, 6) is -0.0711. The topological polar surface area (TPSA) is 67.2 Å². The molecule has 0 aliphatic rings. The largest absolute Gasteiger partial charge is 0.370 e. The van der Waals surface area contributed by atoms with Gasteiger partial charge in [0, 0.05) is 36.4 Å². The van der Waals surface area contributed by atoms with Crippen molar-refractivity contribution in [2.24, 2.45) is 0 Å². The number of carbonyl (C=O) groups excluding carboxylic acids is 1. The lowest BCUT2D eigenvalue weighted by Gasteiger charge is -2.24. The molecule has 1 atom stereocenters. The van der Waals surface area contributed by atoms with Gasteiger partial charge in [0.15, 0.2) is 0 Å². The Morgan fingerprint density at radius 1 is 1.18 bits per heavy atom. The zero-order valence-corrected chi connectivity index (χ0v) is 20.9. The van der Waals surface area contributed by atoms with Gasteiger partial charge >= 0.3 is 0 Å². The smallest absolute Gasteiger partial charge is 0.271 e. The van der Waals surface area contributed by atoms with Crippen molar-refractivity contribution >= 4 is 35.0 Å². The van der Waals surface area contributed by atoms with Crippen LogP contribution < -0.4 is 15.8 Å². The van der Waals surface area contributed by atoms with Crippen LogP contribution in [0.25, 0.3) is 5.69 Å². The van der Waals surface area contributed by atoms with Crippen LogP contribution in [0.3, 0.4) is 0 Å². The second-order valence-corrected chi connectivity index (χ2v) is 9.59. The monoisotopic (exact) mass is 484 g/mol. The van der Waals surface area contributed by atoms with Crippen LogP contribution in [0.4, 0.5) is 5.69 Å². The fourth-order valence-corrected chi connectivity index (χ4v) is 4.35. The van der Waals surface area contributed by atoms with E-state index in [2.05, 4.69) is 47.4 Å². The first-order valence-corrected chi connectivity index (χ1v) is 12.2. The van der Waals surface area contributed by atoms with Crippen molar-refractivity contribution in [3.05, 3.63) is 81.1 Å². The Balaban J connectivity index is 1.60. The summed E-state index contributed by atoms with van der Waals surface area (Å²) in [4.78, 5) is 27.2. The van der Waals surface area contributed by atoms with Crippen molar-refractivity contribution in [2.45, 2.75) is 38.0 Å². The third-order valence-corrected chi connectivity index (χ3v) is 6.71. The number of hydrogen-bond acceptors (Lipinski definition) is 5. The minimum Gasteiger partial charge on any atom is -0.370 e. The van der Waals surface area contributed by atoms with E-state index in [1.807, 2.05) is 26.0 Å². The van der Waals surface area contributed by atoms with Gasteiger partial charge in [-0.1, -0.05) is 41.6 Å². The van der Waals surface area contributed by atoms with Crippen LogP contribution in [0.2, 0.25) is 5.02 Å². The molecule has 0 aliphatic heterocycles. The number of nitrogens with zero attached hydrogens (tertiary/aromatic N) is 3. The number of hydrogen-bond donors (Lipinski definition) is 1. The number of benzene rings is 2. The maximum absolute atomic E-state index is 12.6. The molecule has 0 unspecified atom stereocenters. The van der Waals surface area contributed by atoms with Gasteiger partial charge in [0.1, 0.15) is 5.03 Å². The minimum atomic E-state index is -0.362. The van der Waals surface area contributed by atoms with Gasteiger partial charge in [0.25, 0.3) is 5.56 Å². The molecule has 2 aromatic carbocycles. The molecule has 6 nitrogen and oxygen atoms in total. The van der Waals surface area contributed by atoms with E-state index in [-0.39, 0.29) is 16.7 Å². The second-order valence-electron chi connectivity index (χ2n) is 7.82. The molecule has 8 heteroatoms. The molecule has 174 valence electrons. The lowest BCUT2D eigenvalue weighted by molar-refractivity contribution is -0.120. The molecule has 1 N–H and O–H groups in total. The predicted molar refractivity (Wildman–Crippen MR) is 137 cm³/mol. The summed E-state index contributed by atoms with van der Waals surface area (Å²) in [5.41, 5.74) is 3.62. The van der Waals surface area contributed by atoms with E-state index in [1.165, 1.54) is 28.1 Å². The van der Waals surface area contributed by atoms with E-state index in [0.717, 1.165) is 24.3 Å². The molecule has 0 bridgehead atoms. The van der Waals surface area contributed by atoms with Gasteiger partial charge < -0.3 is 10.2 Å². The van der Waals surface area contributed by atoms with Gasteiger partial charge in [0.05, 0.1) is 10.9 Å². The average Bonchev–Trinajstić information content (AvgIpc) is 2.79. The van der Waals surface area contributed by atoms with Crippen molar-refractivity contribution in [1.29, 1.82) is 0 Å². The van der Waals surface area contributed by atoms with E-state index in [4.69, 9.17) is 11.6 Å². The molecular weight excluding hydrogens is 456 g/mol. The zero-order chi connectivity index (χ0) is 24.0. The van der Waals surface area contributed by atoms with Crippen molar-refractivity contribution in [1.82, 2.24) is 15.1 Å². The van der Waals surface area contributed by atoms with Crippen molar-refractivity contribution in [3.8, 4) is 5.69 Å². The molecule has 0 radical (unpaired) electrons. The first-order chi connectivity index (χ1) is 15.8. The van der Waals surface area contributed by atoms with Crippen LogP contribution in [0.5, 0.6) is 0 Å². The first kappa shape index (κ1) is 24.9. The Bertz CT molecular complexity index is 1180. The Labute approximate surface area is 204 Å². The number of thioether (sulfide) groups is 1. The molecule has 1 heterocycles. The van der Waals surface area contributed by atoms with E-state index in [9.17, 15) is 9.59 Å². The van der Waals surface area contributed by atoms with E-state index < -0.39 is 0 Å². The van der Waals surface area contributed by atoms with Crippen LogP contribution >= 0.6 is 23.4 Å². The molecular formula is C25H29ClN4O2S. The van der Waals surface area contributed by atoms with Gasteiger partial charge in [-0.25, -0.2) is 0 Å². The zero-order valence-electron chi connectivity index (χ0n) is 19.3. The number of carbonyl (C=O) groups is 1. The van der Waals surface area contributed by atoms with Gasteiger partial charge in [-0.15, -0.1) is 0 Å². The van der Waals surface area contributed by atoms with Crippen LogP contribution in [0.15, 0.2) is 64.4 Å². The molecule has 0 saturated carbocycles. The molecule has 0 saturated heterocycles. The Morgan fingerprint density at radius 2 is 1.97 bits per heavy atom. The predicted octanol–water partition coefficient (Wildman–Crippen LogP) is 4.63. The maximum atomic E-state index is 12.6. The molecule has 0 fully saturated rings. The molecule has 3 aromatic rings.